The fourth-order valence-corrected chi connectivity index (χ4v) is 3.94. The van der Waals surface area contributed by atoms with Crippen LogP contribution in [0, 0.1) is 11.7 Å². The van der Waals surface area contributed by atoms with Crippen LogP contribution in [-0.4, -0.2) is 42.9 Å². The summed E-state index contributed by atoms with van der Waals surface area (Å²) in [4.78, 5) is 18.8. The predicted molar refractivity (Wildman–Crippen MR) is 102 cm³/mol. The predicted octanol–water partition coefficient (Wildman–Crippen LogP) is 2.94. The van der Waals surface area contributed by atoms with Gasteiger partial charge in [-0.25, -0.2) is 4.39 Å². The van der Waals surface area contributed by atoms with Crippen LogP contribution in [0.15, 0.2) is 23.2 Å². The molecule has 1 heterocycles. The Kier molecular flexibility index (Phi) is 6.35. The second-order valence-electron chi connectivity index (χ2n) is 7.07. The Morgan fingerprint density at radius 2 is 2.12 bits per heavy atom. The molecule has 1 aromatic carbocycles. The van der Waals surface area contributed by atoms with E-state index in [9.17, 15) is 9.18 Å². The van der Waals surface area contributed by atoms with Gasteiger partial charge in [0.15, 0.2) is 5.96 Å². The lowest BCUT2D eigenvalue weighted by molar-refractivity contribution is -0.134. The third-order valence-electron chi connectivity index (χ3n) is 5.21. The number of amides is 1. The van der Waals surface area contributed by atoms with Gasteiger partial charge in [-0.05, 0) is 37.0 Å². The molecule has 1 aliphatic carbocycles. The zero-order valence-corrected chi connectivity index (χ0v) is 15.9. The van der Waals surface area contributed by atoms with E-state index in [1.54, 1.807) is 19.2 Å². The zero-order valence-electron chi connectivity index (χ0n) is 15.1. The van der Waals surface area contributed by atoms with E-state index in [1.807, 2.05) is 4.90 Å². The average molecular weight is 381 g/mol. The second kappa shape index (κ2) is 8.71. The van der Waals surface area contributed by atoms with Gasteiger partial charge >= 0.3 is 0 Å². The molecule has 3 rings (SSSR count). The summed E-state index contributed by atoms with van der Waals surface area (Å²) in [7, 11) is 1.71. The molecule has 1 saturated heterocycles. The van der Waals surface area contributed by atoms with E-state index in [4.69, 9.17) is 11.6 Å². The molecule has 0 radical (unpaired) electrons. The molecule has 1 atom stereocenters. The average Bonchev–Trinajstić information content (AvgIpc) is 3.33. The fourth-order valence-electron chi connectivity index (χ4n) is 3.73. The fraction of sp³-hybridized carbons (Fsp3) is 0.579. The van der Waals surface area contributed by atoms with Crippen molar-refractivity contribution in [3.8, 4) is 0 Å². The Labute approximate surface area is 159 Å². The van der Waals surface area contributed by atoms with Crippen LogP contribution in [0.4, 0.5) is 4.39 Å². The lowest BCUT2D eigenvalue weighted by Crippen LogP contribution is -2.45. The molecule has 1 saturated carbocycles. The van der Waals surface area contributed by atoms with Crippen molar-refractivity contribution in [2.45, 2.75) is 44.7 Å². The monoisotopic (exact) mass is 380 g/mol. The van der Waals surface area contributed by atoms with Crippen molar-refractivity contribution in [1.29, 1.82) is 0 Å². The van der Waals surface area contributed by atoms with Crippen LogP contribution in [0.3, 0.4) is 0 Å². The molecule has 1 unspecified atom stereocenters. The summed E-state index contributed by atoms with van der Waals surface area (Å²) in [6.45, 7) is 2.02. The topological polar surface area (TPSA) is 56.7 Å². The van der Waals surface area contributed by atoms with E-state index in [1.165, 1.54) is 18.9 Å². The molecule has 0 spiro atoms. The standard InChI is InChI=1S/C19H26ClFN4O/c1-22-19(23-11-13-6-7-17(21)16(20)10-13)24-15-8-9-25(12-15)18(26)14-4-2-3-5-14/h6-7,10,14-15H,2-5,8-9,11-12H2,1H3,(H2,22,23,24). The Balaban J connectivity index is 1.47. The maximum Gasteiger partial charge on any atom is 0.225 e. The molecule has 0 bridgehead atoms. The molecule has 1 amide bonds. The Morgan fingerprint density at radius 1 is 1.35 bits per heavy atom. The normalized spacial score (nSPS) is 21.3. The number of carbonyl (C=O) groups excluding carboxylic acids is 1. The van der Waals surface area contributed by atoms with Crippen molar-refractivity contribution in [1.82, 2.24) is 15.5 Å². The maximum absolute atomic E-state index is 13.2. The van der Waals surface area contributed by atoms with Crippen molar-refractivity contribution in [2.24, 2.45) is 10.9 Å². The van der Waals surface area contributed by atoms with Crippen LogP contribution in [0.1, 0.15) is 37.7 Å². The molecule has 2 fully saturated rings. The van der Waals surface area contributed by atoms with Crippen LogP contribution in [0.2, 0.25) is 5.02 Å². The highest BCUT2D eigenvalue weighted by molar-refractivity contribution is 6.30. The minimum Gasteiger partial charge on any atom is -0.352 e. The third kappa shape index (κ3) is 4.67. The quantitative estimate of drug-likeness (QED) is 0.623. The first kappa shape index (κ1) is 19.0. The van der Waals surface area contributed by atoms with Gasteiger partial charge in [0.1, 0.15) is 5.82 Å². The smallest absolute Gasteiger partial charge is 0.225 e. The van der Waals surface area contributed by atoms with Crippen molar-refractivity contribution >= 4 is 23.5 Å². The number of nitrogens with zero attached hydrogens (tertiary/aromatic N) is 2. The lowest BCUT2D eigenvalue weighted by atomic mass is 10.1. The number of likely N-dealkylation sites (tertiary alicyclic amines) is 1. The Hall–Kier alpha value is -1.82. The third-order valence-corrected chi connectivity index (χ3v) is 5.50. The van der Waals surface area contributed by atoms with Gasteiger partial charge < -0.3 is 15.5 Å². The van der Waals surface area contributed by atoms with Gasteiger partial charge in [-0.3, -0.25) is 9.79 Å². The highest BCUT2D eigenvalue weighted by Gasteiger charge is 2.32. The zero-order chi connectivity index (χ0) is 18.5. The van der Waals surface area contributed by atoms with Crippen LogP contribution >= 0.6 is 11.6 Å². The van der Waals surface area contributed by atoms with E-state index < -0.39 is 5.82 Å². The Bertz CT molecular complexity index is 676. The molecule has 0 aromatic heterocycles. The number of benzene rings is 1. The summed E-state index contributed by atoms with van der Waals surface area (Å²) in [5.41, 5.74) is 0.879. The number of hydrogen-bond donors (Lipinski definition) is 2. The highest BCUT2D eigenvalue weighted by Crippen LogP contribution is 2.27. The van der Waals surface area contributed by atoms with Gasteiger partial charge in [0, 0.05) is 38.6 Å². The molecule has 2 aliphatic rings. The van der Waals surface area contributed by atoms with Crippen LogP contribution in [0.5, 0.6) is 0 Å². The number of halogens is 2. The minimum atomic E-state index is -0.420. The molecule has 5 nitrogen and oxygen atoms in total. The maximum atomic E-state index is 13.2. The first-order valence-corrected chi connectivity index (χ1v) is 9.64. The van der Waals surface area contributed by atoms with E-state index in [0.29, 0.717) is 18.4 Å². The van der Waals surface area contributed by atoms with E-state index in [0.717, 1.165) is 37.9 Å². The van der Waals surface area contributed by atoms with Crippen LogP contribution in [-0.2, 0) is 11.3 Å². The second-order valence-corrected chi connectivity index (χ2v) is 7.48. The Morgan fingerprint density at radius 3 is 2.81 bits per heavy atom. The van der Waals surface area contributed by atoms with Gasteiger partial charge in [-0.1, -0.05) is 30.5 Å². The van der Waals surface area contributed by atoms with Gasteiger partial charge in [-0.15, -0.1) is 0 Å². The largest absolute Gasteiger partial charge is 0.352 e. The van der Waals surface area contributed by atoms with Crippen molar-refractivity contribution in [3.63, 3.8) is 0 Å². The van der Waals surface area contributed by atoms with Crippen LogP contribution in [0.25, 0.3) is 0 Å². The lowest BCUT2D eigenvalue weighted by Gasteiger charge is -2.21. The minimum absolute atomic E-state index is 0.115. The summed E-state index contributed by atoms with van der Waals surface area (Å²) in [6, 6.07) is 4.86. The molecule has 7 heteroatoms. The summed E-state index contributed by atoms with van der Waals surface area (Å²) >= 11 is 5.81. The van der Waals surface area contributed by atoms with E-state index >= 15 is 0 Å². The van der Waals surface area contributed by atoms with Crippen LogP contribution < -0.4 is 10.6 Å². The number of rotatable bonds is 4. The first-order chi connectivity index (χ1) is 12.6. The molecular weight excluding hydrogens is 355 g/mol. The summed E-state index contributed by atoms with van der Waals surface area (Å²) < 4.78 is 13.2. The van der Waals surface area contributed by atoms with Crippen molar-refractivity contribution < 1.29 is 9.18 Å². The van der Waals surface area contributed by atoms with Gasteiger partial charge in [0.05, 0.1) is 5.02 Å². The molecular formula is C19H26ClFN4O. The van der Waals surface area contributed by atoms with Crippen molar-refractivity contribution in [3.05, 3.63) is 34.6 Å². The summed E-state index contributed by atoms with van der Waals surface area (Å²) in [5, 5.41) is 6.70. The molecule has 142 valence electrons. The SMILES string of the molecule is CN=C(NCc1ccc(F)c(Cl)c1)NC1CCN(C(=O)C2CCCC2)C1. The number of hydrogen-bond acceptors (Lipinski definition) is 2. The van der Waals surface area contributed by atoms with Gasteiger partial charge in [-0.2, -0.15) is 0 Å². The number of carbonyl (C=O) groups is 1. The molecule has 1 aromatic rings. The molecule has 1 aliphatic heterocycles. The van der Waals surface area contributed by atoms with E-state index in [-0.39, 0.29) is 17.0 Å². The highest BCUT2D eigenvalue weighted by atomic mass is 35.5. The van der Waals surface area contributed by atoms with Gasteiger partial charge in [0.2, 0.25) is 5.91 Å². The summed E-state index contributed by atoms with van der Waals surface area (Å²) in [5.74, 6) is 0.798. The number of aliphatic imine (C=N–C) groups is 1. The number of nitrogens with one attached hydrogen (secondary N) is 2. The molecule has 2 N–H and O–H groups in total. The van der Waals surface area contributed by atoms with E-state index in [2.05, 4.69) is 15.6 Å². The first-order valence-electron chi connectivity index (χ1n) is 9.26. The van der Waals surface area contributed by atoms with Gasteiger partial charge in [0.25, 0.3) is 0 Å². The molecule has 26 heavy (non-hydrogen) atoms. The van der Waals surface area contributed by atoms with Crippen molar-refractivity contribution in [2.75, 3.05) is 20.1 Å². The number of guanidine groups is 1. The summed E-state index contributed by atoms with van der Waals surface area (Å²) in [6.07, 6.45) is 5.35.